The smallest absolute Gasteiger partial charge is 0.0146 e. The van der Waals surface area contributed by atoms with Crippen molar-refractivity contribution in [2.24, 2.45) is 0 Å². The van der Waals surface area contributed by atoms with Gasteiger partial charge in [-0.05, 0) is 45.2 Å². The molecule has 0 heteroatoms. The molecule has 0 heterocycles. The zero-order valence-electron chi connectivity index (χ0n) is 15.1. The van der Waals surface area contributed by atoms with Crippen molar-refractivity contribution in [2.45, 2.75) is 39.5 Å². The molecule has 3 rings (SSSR count). The number of rotatable bonds is 4. The van der Waals surface area contributed by atoms with Gasteiger partial charge < -0.3 is 0 Å². The minimum absolute atomic E-state index is 0.487. The molecule has 122 valence electrons. The van der Waals surface area contributed by atoms with E-state index in [2.05, 4.69) is 100 Å². The van der Waals surface area contributed by atoms with Gasteiger partial charge >= 0.3 is 0 Å². The van der Waals surface area contributed by atoms with Gasteiger partial charge in [0.05, 0.1) is 0 Å². The summed E-state index contributed by atoms with van der Waals surface area (Å²) in [4.78, 5) is 0. The topological polar surface area (TPSA) is 0 Å². The van der Waals surface area contributed by atoms with Gasteiger partial charge in [0.1, 0.15) is 0 Å². The largest absolute Gasteiger partial charge is 0.0622 e. The molecule has 0 N–H and O–H groups in total. The number of benzene rings is 3. The predicted molar refractivity (Wildman–Crippen MR) is 105 cm³/mol. The molecule has 0 aliphatic carbocycles. The van der Waals surface area contributed by atoms with Gasteiger partial charge in [-0.1, -0.05) is 100 Å². The van der Waals surface area contributed by atoms with E-state index in [0.29, 0.717) is 11.8 Å². The van der Waals surface area contributed by atoms with Crippen LogP contribution in [0.3, 0.4) is 0 Å². The SMILES string of the molecule is CC(C)c1c(-c2ccccc2)ccc(-c2ccccc2)c1C(C)C. The van der Waals surface area contributed by atoms with Gasteiger partial charge in [0.25, 0.3) is 0 Å². The molecule has 0 fully saturated rings. The maximum absolute atomic E-state index is 2.31. The normalized spacial score (nSPS) is 11.2. The van der Waals surface area contributed by atoms with Gasteiger partial charge in [-0.15, -0.1) is 0 Å². The van der Waals surface area contributed by atoms with Crippen LogP contribution in [0.5, 0.6) is 0 Å². The van der Waals surface area contributed by atoms with Crippen molar-refractivity contribution in [3.63, 3.8) is 0 Å². The van der Waals surface area contributed by atoms with Crippen molar-refractivity contribution in [3.05, 3.63) is 83.9 Å². The van der Waals surface area contributed by atoms with Crippen LogP contribution in [-0.4, -0.2) is 0 Å². The van der Waals surface area contributed by atoms with Crippen LogP contribution < -0.4 is 0 Å². The van der Waals surface area contributed by atoms with Crippen molar-refractivity contribution >= 4 is 0 Å². The van der Waals surface area contributed by atoms with Gasteiger partial charge in [-0.2, -0.15) is 0 Å². The van der Waals surface area contributed by atoms with Gasteiger partial charge in [-0.25, -0.2) is 0 Å². The van der Waals surface area contributed by atoms with Crippen LogP contribution in [0.15, 0.2) is 72.8 Å². The summed E-state index contributed by atoms with van der Waals surface area (Å²) < 4.78 is 0. The van der Waals surface area contributed by atoms with E-state index in [9.17, 15) is 0 Å². The second kappa shape index (κ2) is 7.05. The lowest BCUT2D eigenvalue weighted by atomic mass is 9.80. The van der Waals surface area contributed by atoms with Crippen LogP contribution >= 0.6 is 0 Å². The van der Waals surface area contributed by atoms with E-state index >= 15 is 0 Å². The minimum atomic E-state index is 0.487. The Kier molecular flexibility index (Phi) is 4.85. The highest BCUT2D eigenvalue weighted by Crippen LogP contribution is 2.41. The number of hydrogen-bond donors (Lipinski definition) is 0. The first-order chi connectivity index (χ1) is 11.6. The van der Waals surface area contributed by atoms with E-state index in [1.807, 2.05) is 0 Å². The first-order valence-corrected chi connectivity index (χ1v) is 8.87. The van der Waals surface area contributed by atoms with E-state index in [1.165, 1.54) is 33.4 Å². The molecule has 0 aliphatic heterocycles. The maximum atomic E-state index is 2.31. The Hall–Kier alpha value is -2.34. The second-order valence-corrected chi connectivity index (χ2v) is 7.03. The lowest BCUT2D eigenvalue weighted by Gasteiger charge is -2.24. The molecule has 0 amide bonds. The molecule has 0 atom stereocenters. The zero-order chi connectivity index (χ0) is 17.1. The van der Waals surface area contributed by atoms with Crippen LogP contribution in [0, 0.1) is 0 Å². The van der Waals surface area contributed by atoms with Crippen molar-refractivity contribution in [2.75, 3.05) is 0 Å². The molecule has 0 unspecified atom stereocenters. The van der Waals surface area contributed by atoms with E-state index in [0.717, 1.165) is 0 Å². The highest BCUT2D eigenvalue weighted by atomic mass is 14.2. The summed E-state index contributed by atoms with van der Waals surface area (Å²) in [5.41, 5.74) is 8.32. The average molecular weight is 314 g/mol. The Bertz CT molecular complexity index is 726. The van der Waals surface area contributed by atoms with Crippen LogP contribution in [-0.2, 0) is 0 Å². The first kappa shape index (κ1) is 16.5. The molecular formula is C24H26. The Morgan fingerprint density at radius 3 is 1.08 bits per heavy atom. The molecule has 0 nitrogen and oxygen atoms in total. The van der Waals surface area contributed by atoms with Crippen molar-refractivity contribution in [3.8, 4) is 22.3 Å². The quantitative estimate of drug-likeness (QED) is 0.475. The zero-order valence-corrected chi connectivity index (χ0v) is 15.1. The maximum Gasteiger partial charge on any atom is -0.0146 e. The highest BCUT2D eigenvalue weighted by molar-refractivity contribution is 5.78. The van der Waals surface area contributed by atoms with Crippen molar-refractivity contribution < 1.29 is 0 Å². The molecule has 0 radical (unpaired) electrons. The van der Waals surface area contributed by atoms with Crippen LogP contribution in [0.1, 0.15) is 50.7 Å². The molecule has 0 spiro atoms. The molecule has 0 saturated heterocycles. The van der Waals surface area contributed by atoms with Gasteiger partial charge in [0, 0.05) is 0 Å². The molecule has 3 aromatic carbocycles. The Morgan fingerprint density at radius 1 is 0.458 bits per heavy atom. The third-order valence-electron chi connectivity index (χ3n) is 4.61. The third kappa shape index (κ3) is 3.14. The predicted octanol–water partition coefficient (Wildman–Crippen LogP) is 7.27. The molecule has 0 aromatic heterocycles. The first-order valence-electron chi connectivity index (χ1n) is 8.87. The number of hydrogen-bond acceptors (Lipinski definition) is 0. The molecular weight excluding hydrogens is 288 g/mol. The van der Waals surface area contributed by atoms with Gasteiger partial charge in [0.2, 0.25) is 0 Å². The Labute approximate surface area is 146 Å². The van der Waals surface area contributed by atoms with Gasteiger partial charge in [0.15, 0.2) is 0 Å². The summed E-state index contributed by atoms with van der Waals surface area (Å²) in [6.45, 7) is 9.23. The standard InChI is InChI=1S/C24H26/c1-17(2)23-21(19-11-7-5-8-12-19)15-16-22(24(23)18(3)4)20-13-9-6-10-14-20/h5-18H,1-4H3. The van der Waals surface area contributed by atoms with E-state index in [4.69, 9.17) is 0 Å². The fourth-order valence-corrected chi connectivity index (χ4v) is 3.62. The van der Waals surface area contributed by atoms with Crippen molar-refractivity contribution in [1.82, 2.24) is 0 Å². The summed E-state index contributed by atoms with van der Waals surface area (Å²) >= 11 is 0. The fourth-order valence-electron chi connectivity index (χ4n) is 3.62. The molecule has 0 aliphatic rings. The Balaban J connectivity index is 2.30. The van der Waals surface area contributed by atoms with Gasteiger partial charge in [-0.3, -0.25) is 0 Å². The van der Waals surface area contributed by atoms with E-state index in [1.54, 1.807) is 0 Å². The minimum Gasteiger partial charge on any atom is -0.0622 e. The van der Waals surface area contributed by atoms with Crippen molar-refractivity contribution in [1.29, 1.82) is 0 Å². The average Bonchev–Trinajstić information content (AvgIpc) is 2.61. The lowest BCUT2D eigenvalue weighted by molar-refractivity contribution is 0.794. The fraction of sp³-hybridized carbons (Fsp3) is 0.250. The van der Waals surface area contributed by atoms with Crippen LogP contribution in [0.2, 0.25) is 0 Å². The third-order valence-corrected chi connectivity index (χ3v) is 4.61. The Morgan fingerprint density at radius 2 is 0.792 bits per heavy atom. The lowest BCUT2D eigenvalue weighted by Crippen LogP contribution is -2.04. The molecule has 3 aromatic rings. The van der Waals surface area contributed by atoms with E-state index in [-0.39, 0.29) is 0 Å². The van der Waals surface area contributed by atoms with Crippen LogP contribution in [0.25, 0.3) is 22.3 Å². The summed E-state index contributed by atoms with van der Waals surface area (Å²) in [6.07, 6.45) is 0. The summed E-state index contributed by atoms with van der Waals surface area (Å²) in [6, 6.07) is 26.1. The monoisotopic (exact) mass is 314 g/mol. The summed E-state index contributed by atoms with van der Waals surface area (Å²) in [7, 11) is 0. The second-order valence-electron chi connectivity index (χ2n) is 7.03. The molecule has 0 saturated carbocycles. The van der Waals surface area contributed by atoms with Crippen LogP contribution in [0.4, 0.5) is 0 Å². The summed E-state index contributed by atoms with van der Waals surface area (Å²) in [5, 5.41) is 0. The highest BCUT2D eigenvalue weighted by Gasteiger charge is 2.20. The van der Waals surface area contributed by atoms with E-state index < -0.39 is 0 Å². The molecule has 0 bridgehead atoms. The molecule has 24 heavy (non-hydrogen) atoms. The summed E-state index contributed by atoms with van der Waals surface area (Å²) in [5.74, 6) is 0.975.